The maximum absolute atomic E-state index is 12.1. The second kappa shape index (κ2) is 8.34. The van der Waals surface area contributed by atoms with E-state index in [1.54, 1.807) is 48.5 Å². The van der Waals surface area contributed by atoms with Gasteiger partial charge < -0.3 is 10.6 Å². The third-order valence-electron chi connectivity index (χ3n) is 3.33. The van der Waals surface area contributed by atoms with E-state index < -0.39 is 0 Å². The second-order valence-corrected chi connectivity index (χ2v) is 5.58. The first-order valence-corrected chi connectivity index (χ1v) is 7.93. The lowest BCUT2D eigenvalue weighted by Gasteiger charge is -2.07. The van der Waals surface area contributed by atoms with E-state index in [-0.39, 0.29) is 11.8 Å². The van der Waals surface area contributed by atoms with Crippen LogP contribution in [0.1, 0.15) is 40.5 Å². The molecule has 2 aromatic rings. The first-order chi connectivity index (χ1) is 11.1. The van der Waals surface area contributed by atoms with Crippen molar-refractivity contribution in [3.8, 4) is 0 Å². The number of hydrogen-bond donors (Lipinski definition) is 2. The maximum Gasteiger partial charge on any atom is 0.255 e. The summed E-state index contributed by atoms with van der Waals surface area (Å²) in [5.41, 5.74) is 1.73. The van der Waals surface area contributed by atoms with Crippen LogP contribution in [0, 0.1) is 0 Å². The Kier molecular flexibility index (Phi) is 6.18. The van der Waals surface area contributed by atoms with Gasteiger partial charge in [-0.25, -0.2) is 0 Å². The normalized spacial score (nSPS) is 10.2. The number of amides is 2. The Morgan fingerprint density at radius 1 is 0.913 bits per heavy atom. The molecule has 120 valence electrons. The highest BCUT2D eigenvalue weighted by atomic mass is 35.5. The Bertz CT molecular complexity index is 666. The maximum atomic E-state index is 12.1. The zero-order valence-electron chi connectivity index (χ0n) is 12.9. The molecule has 0 aromatic heterocycles. The molecule has 4 nitrogen and oxygen atoms in total. The predicted octanol–water partition coefficient (Wildman–Crippen LogP) is 4.12. The smallest absolute Gasteiger partial charge is 0.255 e. The lowest BCUT2D eigenvalue weighted by molar-refractivity contribution is 0.0952. The van der Waals surface area contributed by atoms with Gasteiger partial charge >= 0.3 is 0 Å². The van der Waals surface area contributed by atoms with Crippen LogP contribution in [-0.2, 0) is 0 Å². The number of rotatable bonds is 6. The fraction of sp³-hybridized carbons (Fsp3) is 0.222. The van der Waals surface area contributed by atoms with Gasteiger partial charge in [-0.3, -0.25) is 9.59 Å². The summed E-state index contributed by atoms with van der Waals surface area (Å²) in [6.07, 6.45) is 2.00. The molecule has 0 saturated heterocycles. The number of carbonyl (C=O) groups excluding carboxylic acids is 2. The second-order valence-electron chi connectivity index (χ2n) is 5.15. The van der Waals surface area contributed by atoms with Crippen molar-refractivity contribution in [3.05, 3.63) is 64.7 Å². The molecule has 0 bridgehead atoms. The Morgan fingerprint density at radius 2 is 1.48 bits per heavy atom. The van der Waals surface area contributed by atoms with Gasteiger partial charge in [-0.2, -0.15) is 0 Å². The van der Waals surface area contributed by atoms with Gasteiger partial charge in [-0.05, 0) is 55.0 Å². The number of hydrogen-bond acceptors (Lipinski definition) is 2. The molecular formula is C18H19ClN2O2. The number of nitrogens with one attached hydrogen (secondary N) is 2. The van der Waals surface area contributed by atoms with Crippen molar-refractivity contribution in [1.82, 2.24) is 5.32 Å². The minimum Gasteiger partial charge on any atom is -0.352 e. The average Bonchev–Trinajstić information content (AvgIpc) is 2.56. The highest BCUT2D eigenvalue weighted by Crippen LogP contribution is 2.13. The minimum atomic E-state index is -0.221. The molecule has 0 fully saturated rings. The molecule has 0 aliphatic heterocycles. The summed E-state index contributed by atoms with van der Waals surface area (Å²) in [6.45, 7) is 2.74. The molecule has 0 spiro atoms. The van der Waals surface area contributed by atoms with Gasteiger partial charge in [0.1, 0.15) is 0 Å². The summed E-state index contributed by atoms with van der Waals surface area (Å²) in [7, 11) is 0. The lowest BCUT2D eigenvalue weighted by Crippen LogP contribution is -2.24. The molecule has 0 aliphatic carbocycles. The van der Waals surface area contributed by atoms with Crippen molar-refractivity contribution >= 4 is 29.1 Å². The molecular weight excluding hydrogens is 312 g/mol. The van der Waals surface area contributed by atoms with Gasteiger partial charge in [-0.1, -0.05) is 24.9 Å². The van der Waals surface area contributed by atoms with E-state index in [9.17, 15) is 9.59 Å². The Balaban J connectivity index is 1.95. The molecule has 2 aromatic carbocycles. The van der Waals surface area contributed by atoms with Gasteiger partial charge in [0.05, 0.1) is 0 Å². The summed E-state index contributed by atoms with van der Waals surface area (Å²) in [4.78, 5) is 24.0. The number of anilines is 1. The van der Waals surface area contributed by atoms with Crippen molar-refractivity contribution in [2.75, 3.05) is 11.9 Å². The van der Waals surface area contributed by atoms with Crippen molar-refractivity contribution < 1.29 is 9.59 Å². The zero-order chi connectivity index (χ0) is 16.7. The van der Waals surface area contributed by atoms with Crippen LogP contribution in [0.25, 0.3) is 0 Å². The molecule has 2 rings (SSSR count). The first-order valence-electron chi connectivity index (χ1n) is 7.55. The topological polar surface area (TPSA) is 58.2 Å². The summed E-state index contributed by atoms with van der Waals surface area (Å²) >= 11 is 5.80. The molecule has 5 heteroatoms. The summed E-state index contributed by atoms with van der Waals surface area (Å²) in [5, 5.41) is 6.22. The number of carbonyl (C=O) groups is 2. The van der Waals surface area contributed by atoms with Crippen LogP contribution >= 0.6 is 11.6 Å². The predicted molar refractivity (Wildman–Crippen MR) is 93.1 cm³/mol. The van der Waals surface area contributed by atoms with Crippen LogP contribution in [-0.4, -0.2) is 18.4 Å². The summed E-state index contributed by atoms with van der Waals surface area (Å²) < 4.78 is 0. The fourth-order valence-corrected chi connectivity index (χ4v) is 2.12. The minimum absolute atomic E-state index is 0.103. The Hall–Kier alpha value is -2.33. The summed E-state index contributed by atoms with van der Waals surface area (Å²) in [6, 6.07) is 13.5. The van der Waals surface area contributed by atoms with E-state index in [4.69, 9.17) is 11.6 Å². The Labute approximate surface area is 140 Å². The third kappa shape index (κ3) is 5.11. The third-order valence-corrected chi connectivity index (χ3v) is 3.58. The van der Waals surface area contributed by atoms with Crippen LogP contribution in [0.5, 0.6) is 0 Å². The SMILES string of the molecule is CCCCNC(=O)c1ccc(NC(=O)c2ccc(Cl)cc2)cc1. The van der Waals surface area contributed by atoms with Crippen LogP contribution in [0.2, 0.25) is 5.02 Å². The van der Waals surface area contributed by atoms with E-state index >= 15 is 0 Å². The standard InChI is InChI=1S/C18H19ClN2O2/c1-2-3-12-20-17(22)13-6-10-16(11-7-13)21-18(23)14-4-8-15(19)9-5-14/h4-11H,2-3,12H2,1H3,(H,20,22)(H,21,23). The molecule has 0 saturated carbocycles. The van der Waals surface area contributed by atoms with E-state index in [0.717, 1.165) is 12.8 Å². The van der Waals surface area contributed by atoms with Gasteiger partial charge in [0.25, 0.3) is 11.8 Å². The van der Waals surface area contributed by atoms with Gasteiger partial charge in [0.15, 0.2) is 0 Å². The average molecular weight is 331 g/mol. The quantitative estimate of drug-likeness (QED) is 0.783. The van der Waals surface area contributed by atoms with Crippen LogP contribution in [0.4, 0.5) is 5.69 Å². The first kappa shape index (κ1) is 17.0. The lowest BCUT2D eigenvalue weighted by atomic mass is 10.1. The largest absolute Gasteiger partial charge is 0.352 e. The molecule has 0 unspecified atom stereocenters. The Morgan fingerprint density at radius 3 is 2.09 bits per heavy atom. The fourth-order valence-electron chi connectivity index (χ4n) is 1.99. The van der Waals surface area contributed by atoms with E-state index in [1.165, 1.54) is 0 Å². The zero-order valence-corrected chi connectivity index (χ0v) is 13.7. The summed E-state index contributed by atoms with van der Waals surface area (Å²) in [5.74, 6) is -0.323. The van der Waals surface area contributed by atoms with E-state index in [1.807, 2.05) is 0 Å². The molecule has 0 aliphatic rings. The van der Waals surface area contributed by atoms with Crippen LogP contribution < -0.4 is 10.6 Å². The van der Waals surface area contributed by atoms with Crippen molar-refractivity contribution in [1.29, 1.82) is 0 Å². The molecule has 2 amide bonds. The molecule has 23 heavy (non-hydrogen) atoms. The highest BCUT2D eigenvalue weighted by molar-refractivity contribution is 6.30. The van der Waals surface area contributed by atoms with Crippen LogP contribution in [0.3, 0.4) is 0 Å². The number of unbranched alkanes of at least 4 members (excludes halogenated alkanes) is 1. The monoisotopic (exact) mass is 330 g/mol. The molecule has 0 atom stereocenters. The van der Waals surface area contributed by atoms with Crippen molar-refractivity contribution in [2.45, 2.75) is 19.8 Å². The van der Waals surface area contributed by atoms with Gasteiger partial charge in [-0.15, -0.1) is 0 Å². The van der Waals surface area contributed by atoms with Crippen molar-refractivity contribution in [3.63, 3.8) is 0 Å². The van der Waals surface area contributed by atoms with Gasteiger partial charge in [0.2, 0.25) is 0 Å². The highest BCUT2D eigenvalue weighted by Gasteiger charge is 2.08. The molecule has 2 N–H and O–H groups in total. The van der Waals surface area contributed by atoms with E-state index in [0.29, 0.717) is 28.4 Å². The van der Waals surface area contributed by atoms with Gasteiger partial charge in [0, 0.05) is 28.4 Å². The molecule has 0 heterocycles. The molecule has 0 radical (unpaired) electrons. The van der Waals surface area contributed by atoms with E-state index in [2.05, 4.69) is 17.6 Å². The van der Waals surface area contributed by atoms with Crippen molar-refractivity contribution in [2.24, 2.45) is 0 Å². The van der Waals surface area contributed by atoms with Crippen LogP contribution in [0.15, 0.2) is 48.5 Å². The number of benzene rings is 2. The number of halogens is 1.